The van der Waals surface area contributed by atoms with E-state index in [2.05, 4.69) is 51.7 Å². The second-order valence-corrected chi connectivity index (χ2v) is 12.5. The molecule has 0 saturated heterocycles. The van der Waals surface area contributed by atoms with Crippen molar-refractivity contribution in [3.63, 3.8) is 0 Å². The molecule has 3 aliphatic rings. The average Bonchev–Trinajstić information content (AvgIpc) is 3.30. The summed E-state index contributed by atoms with van der Waals surface area (Å²) in [7, 11) is -3.41. The Morgan fingerprint density at radius 3 is 2.56 bits per heavy atom. The van der Waals surface area contributed by atoms with Gasteiger partial charge in [-0.2, -0.15) is 0 Å². The molecule has 6 nitrogen and oxygen atoms in total. The number of nitrogens with one attached hydrogen (secondary N) is 2. The van der Waals surface area contributed by atoms with Crippen LogP contribution in [0.25, 0.3) is 12.2 Å². The smallest absolute Gasteiger partial charge is 0.152 e. The van der Waals surface area contributed by atoms with E-state index in [-0.39, 0.29) is 17.9 Å². The van der Waals surface area contributed by atoms with Crippen molar-refractivity contribution in [2.24, 2.45) is 22.2 Å². The van der Waals surface area contributed by atoms with E-state index < -0.39 is 20.5 Å². The van der Waals surface area contributed by atoms with E-state index >= 15 is 0 Å². The lowest BCUT2D eigenvalue weighted by Gasteiger charge is -2.54. The van der Waals surface area contributed by atoms with Crippen LogP contribution in [-0.4, -0.2) is 41.6 Å². The van der Waals surface area contributed by atoms with E-state index in [1.807, 2.05) is 42.7 Å². The Morgan fingerprint density at radius 1 is 1.03 bits per heavy atom. The molecule has 2 aliphatic carbocycles. The normalized spacial score (nSPS) is 28.8. The van der Waals surface area contributed by atoms with Crippen molar-refractivity contribution in [2.45, 2.75) is 30.6 Å². The van der Waals surface area contributed by atoms with Crippen LogP contribution in [0.15, 0.2) is 84.5 Å². The zero-order valence-corrected chi connectivity index (χ0v) is 21.0. The van der Waals surface area contributed by atoms with Crippen LogP contribution in [0, 0.1) is 17.3 Å². The van der Waals surface area contributed by atoms with Crippen LogP contribution in [0.5, 0.6) is 0 Å². The number of H-pyrrole nitrogens is 1. The molecule has 7 heteroatoms. The van der Waals surface area contributed by atoms with Crippen LogP contribution in [0.2, 0.25) is 0 Å². The highest BCUT2D eigenvalue weighted by atomic mass is 32.2. The minimum Gasteiger partial charge on any atom is -0.384 e. The lowest BCUT2D eigenvalue weighted by atomic mass is 9.55. The number of aliphatic imine (C=N–C) groups is 1. The minimum atomic E-state index is -3.41. The van der Waals surface area contributed by atoms with Gasteiger partial charge >= 0.3 is 0 Å². The van der Waals surface area contributed by atoms with Gasteiger partial charge < -0.3 is 10.3 Å². The molecule has 2 aromatic carbocycles. The number of imidazole rings is 1. The molecule has 5 atom stereocenters. The standard InChI is InChI=1S/C29H30N4O2S/c1-36(34,35)27-23(13-20-7-3-2-4-8-20)14-24(16-25-18-30-19-33-25)29-17-22-10-6-5-9-21(22)15-26(29)31-11-12-32-28(27)29/h2-12,15,17-19,23-24,27-28,32H,13-14,16H2,1H3,(H,30,33). The van der Waals surface area contributed by atoms with Crippen LogP contribution >= 0.6 is 0 Å². The fraction of sp³-hybridized carbons (Fsp3) is 0.310. The predicted octanol–water partition coefficient (Wildman–Crippen LogP) is 2.39. The molecule has 1 spiro atoms. The molecule has 0 bridgehead atoms. The van der Waals surface area contributed by atoms with Crippen LogP contribution in [0.1, 0.15) is 17.7 Å². The summed E-state index contributed by atoms with van der Waals surface area (Å²) in [6, 6.07) is 18.2. The van der Waals surface area contributed by atoms with Gasteiger partial charge in [0, 0.05) is 30.5 Å². The van der Waals surface area contributed by atoms with Gasteiger partial charge in [-0.3, -0.25) is 4.99 Å². The van der Waals surface area contributed by atoms with Gasteiger partial charge in [-0.1, -0.05) is 60.7 Å². The van der Waals surface area contributed by atoms with Crippen LogP contribution in [-0.2, 0) is 22.7 Å². The molecule has 6 rings (SSSR count). The first kappa shape index (κ1) is 23.0. The summed E-state index contributed by atoms with van der Waals surface area (Å²) in [6.45, 7) is 0. The largest absolute Gasteiger partial charge is 0.384 e. The summed E-state index contributed by atoms with van der Waals surface area (Å²) < 4.78 is 27.1. The number of hydrogen-bond acceptors (Lipinski definition) is 5. The molecule has 1 fully saturated rings. The number of benzene rings is 2. The molecule has 3 aromatic rings. The molecular weight excluding hydrogens is 468 g/mol. The number of hydrogen-bond donors (Lipinski definition) is 2. The molecular formula is C29H30N4O2S. The molecule has 0 amide bonds. The van der Waals surface area contributed by atoms with Gasteiger partial charge in [0.2, 0.25) is 0 Å². The Kier molecular flexibility index (Phi) is 5.67. The number of nitrogens with zero attached hydrogens (tertiary/aromatic N) is 2. The van der Waals surface area contributed by atoms with Crippen molar-refractivity contribution in [2.75, 3.05) is 6.26 Å². The predicted molar refractivity (Wildman–Crippen MR) is 143 cm³/mol. The maximum atomic E-state index is 13.6. The van der Waals surface area contributed by atoms with E-state index in [9.17, 15) is 8.42 Å². The third-order valence-corrected chi connectivity index (χ3v) is 9.76. The lowest BCUT2D eigenvalue weighted by Crippen LogP contribution is -2.66. The fourth-order valence-electron chi connectivity index (χ4n) is 6.72. The number of aromatic nitrogens is 2. The quantitative estimate of drug-likeness (QED) is 0.566. The number of fused-ring (bicyclic) bond motifs is 1. The van der Waals surface area contributed by atoms with Gasteiger partial charge in [0.05, 0.1) is 28.7 Å². The SMILES string of the molecule is CS(=O)(=O)C1C(Cc2ccccc2)CC(Cc2cnc[nH]2)C23C=c4ccccc4=CC2=NC=CNC13. The van der Waals surface area contributed by atoms with Gasteiger partial charge in [-0.05, 0) is 53.2 Å². The maximum absolute atomic E-state index is 13.6. The molecule has 2 heterocycles. The summed E-state index contributed by atoms with van der Waals surface area (Å²) in [5, 5.41) is 5.19. The summed E-state index contributed by atoms with van der Waals surface area (Å²) in [5.41, 5.74) is 2.54. The molecule has 1 saturated carbocycles. The molecule has 1 aromatic heterocycles. The topological polar surface area (TPSA) is 87.2 Å². The van der Waals surface area contributed by atoms with Gasteiger partial charge in [0.25, 0.3) is 0 Å². The van der Waals surface area contributed by atoms with Gasteiger partial charge in [-0.15, -0.1) is 0 Å². The summed E-state index contributed by atoms with van der Waals surface area (Å²) in [6.07, 6.45) is 15.2. The molecule has 5 unspecified atom stereocenters. The number of aromatic amines is 1. The van der Waals surface area contributed by atoms with Crippen molar-refractivity contribution < 1.29 is 8.42 Å². The van der Waals surface area contributed by atoms with Crippen molar-refractivity contribution in [3.8, 4) is 0 Å². The summed E-state index contributed by atoms with van der Waals surface area (Å²) >= 11 is 0. The maximum Gasteiger partial charge on any atom is 0.152 e. The van der Waals surface area contributed by atoms with E-state index in [1.54, 1.807) is 12.5 Å². The second-order valence-electron chi connectivity index (χ2n) is 10.3. The van der Waals surface area contributed by atoms with Crippen molar-refractivity contribution in [1.29, 1.82) is 0 Å². The van der Waals surface area contributed by atoms with Crippen LogP contribution in [0.4, 0.5) is 0 Å². The lowest BCUT2D eigenvalue weighted by molar-refractivity contribution is 0.142. The molecule has 2 N–H and O–H groups in total. The van der Waals surface area contributed by atoms with Crippen molar-refractivity contribution >= 4 is 27.7 Å². The first-order chi connectivity index (χ1) is 17.4. The van der Waals surface area contributed by atoms with Gasteiger partial charge in [0.1, 0.15) is 0 Å². The molecule has 1 aliphatic heterocycles. The average molecular weight is 499 g/mol. The zero-order chi connectivity index (χ0) is 24.8. The van der Waals surface area contributed by atoms with Crippen molar-refractivity contribution in [1.82, 2.24) is 15.3 Å². The second kappa shape index (κ2) is 8.89. The number of sulfone groups is 1. The van der Waals surface area contributed by atoms with E-state index in [0.717, 1.165) is 40.2 Å². The Bertz CT molecular complexity index is 1540. The first-order valence-electron chi connectivity index (χ1n) is 12.4. The monoisotopic (exact) mass is 498 g/mol. The van der Waals surface area contributed by atoms with Gasteiger partial charge in [0.15, 0.2) is 9.84 Å². The minimum absolute atomic E-state index is 0.0447. The van der Waals surface area contributed by atoms with E-state index in [1.165, 1.54) is 6.26 Å². The highest BCUT2D eigenvalue weighted by molar-refractivity contribution is 7.91. The van der Waals surface area contributed by atoms with Gasteiger partial charge in [-0.25, -0.2) is 13.4 Å². The highest BCUT2D eigenvalue weighted by Gasteiger charge is 2.59. The Balaban J connectivity index is 1.57. The first-order valence-corrected chi connectivity index (χ1v) is 14.4. The third kappa shape index (κ3) is 3.91. The van der Waals surface area contributed by atoms with Crippen LogP contribution < -0.4 is 15.8 Å². The summed E-state index contributed by atoms with van der Waals surface area (Å²) in [4.78, 5) is 12.4. The van der Waals surface area contributed by atoms with Crippen molar-refractivity contribution in [3.05, 3.63) is 101 Å². The number of rotatable bonds is 5. The Hall–Kier alpha value is -3.45. The molecule has 36 heavy (non-hydrogen) atoms. The highest BCUT2D eigenvalue weighted by Crippen LogP contribution is 2.51. The fourth-order valence-corrected chi connectivity index (χ4v) is 8.42. The zero-order valence-electron chi connectivity index (χ0n) is 20.2. The Labute approximate surface area is 211 Å². The van der Waals surface area contributed by atoms with E-state index in [0.29, 0.717) is 6.42 Å². The third-order valence-electron chi connectivity index (χ3n) is 8.12. The van der Waals surface area contributed by atoms with E-state index in [4.69, 9.17) is 4.99 Å². The molecule has 0 radical (unpaired) electrons. The van der Waals surface area contributed by atoms with Crippen LogP contribution in [0.3, 0.4) is 0 Å². The Morgan fingerprint density at radius 2 is 1.81 bits per heavy atom. The molecule has 184 valence electrons. The summed E-state index contributed by atoms with van der Waals surface area (Å²) in [5.74, 6) is 0.0715.